The van der Waals surface area contributed by atoms with Gasteiger partial charge in [0.1, 0.15) is 11.5 Å². The van der Waals surface area contributed by atoms with Crippen LogP contribution in [-0.4, -0.2) is 26.8 Å². The van der Waals surface area contributed by atoms with Crippen LogP contribution in [0.15, 0.2) is 42.5 Å². The van der Waals surface area contributed by atoms with Crippen molar-refractivity contribution in [2.24, 2.45) is 0 Å². The van der Waals surface area contributed by atoms with Crippen LogP contribution in [0.4, 0.5) is 0 Å². The number of halogens is 1. The summed E-state index contributed by atoms with van der Waals surface area (Å²) in [4.78, 5) is 0. The SMILES string of the molecule is COc1ccc(OC)c(CN[C@@H]2CCCN[C@@H]2c2cccc(Cl)c2)c1. The molecular formula is C20H25ClN2O2. The molecule has 3 rings (SSSR count). The van der Waals surface area contributed by atoms with Crippen molar-refractivity contribution in [3.05, 3.63) is 58.6 Å². The minimum atomic E-state index is 0.254. The molecule has 5 heteroatoms. The van der Waals surface area contributed by atoms with Gasteiger partial charge in [-0.2, -0.15) is 0 Å². The summed E-state index contributed by atoms with van der Waals surface area (Å²) in [7, 11) is 3.38. The van der Waals surface area contributed by atoms with E-state index in [1.165, 1.54) is 5.56 Å². The number of hydrogen-bond acceptors (Lipinski definition) is 4. The summed E-state index contributed by atoms with van der Waals surface area (Å²) < 4.78 is 10.8. The molecule has 0 amide bonds. The van der Waals surface area contributed by atoms with Crippen LogP contribution in [0.3, 0.4) is 0 Å². The van der Waals surface area contributed by atoms with E-state index >= 15 is 0 Å². The molecular weight excluding hydrogens is 336 g/mol. The average molecular weight is 361 g/mol. The first-order valence-electron chi connectivity index (χ1n) is 8.64. The van der Waals surface area contributed by atoms with Gasteiger partial charge < -0.3 is 20.1 Å². The molecule has 0 spiro atoms. The second-order valence-corrected chi connectivity index (χ2v) is 6.73. The topological polar surface area (TPSA) is 42.5 Å². The van der Waals surface area contributed by atoms with E-state index in [9.17, 15) is 0 Å². The monoisotopic (exact) mass is 360 g/mol. The van der Waals surface area contributed by atoms with Gasteiger partial charge in [-0.25, -0.2) is 0 Å². The molecule has 4 nitrogen and oxygen atoms in total. The third kappa shape index (κ3) is 4.46. The van der Waals surface area contributed by atoms with E-state index in [1.54, 1.807) is 14.2 Å². The lowest BCUT2D eigenvalue weighted by molar-refractivity contribution is 0.302. The molecule has 1 aliphatic heterocycles. The minimum absolute atomic E-state index is 0.254. The number of methoxy groups -OCH3 is 2. The summed E-state index contributed by atoms with van der Waals surface area (Å²) in [5.74, 6) is 1.71. The number of piperidine rings is 1. The zero-order valence-electron chi connectivity index (χ0n) is 14.7. The molecule has 0 unspecified atom stereocenters. The van der Waals surface area contributed by atoms with Gasteiger partial charge in [0.25, 0.3) is 0 Å². The van der Waals surface area contributed by atoms with E-state index in [2.05, 4.69) is 16.7 Å². The number of ether oxygens (including phenoxy) is 2. The van der Waals surface area contributed by atoms with Crippen molar-refractivity contribution in [1.29, 1.82) is 0 Å². The summed E-state index contributed by atoms with van der Waals surface area (Å²) in [6.07, 6.45) is 2.28. The Balaban J connectivity index is 1.74. The van der Waals surface area contributed by atoms with Crippen molar-refractivity contribution in [3.8, 4) is 11.5 Å². The number of benzene rings is 2. The van der Waals surface area contributed by atoms with Gasteiger partial charge in [-0.3, -0.25) is 0 Å². The van der Waals surface area contributed by atoms with Crippen LogP contribution in [0.25, 0.3) is 0 Å². The molecule has 0 bridgehead atoms. The highest BCUT2D eigenvalue weighted by Crippen LogP contribution is 2.28. The molecule has 25 heavy (non-hydrogen) atoms. The molecule has 1 heterocycles. The van der Waals surface area contributed by atoms with Gasteiger partial charge in [0, 0.05) is 29.2 Å². The van der Waals surface area contributed by atoms with Crippen LogP contribution in [0.5, 0.6) is 11.5 Å². The van der Waals surface area contributed by atoms with Gasteiger partial charge in [-0.1, -0.05) is 23.7 Å². The Labute approximate surface area is 154 Å². The highest BCUT2D eigenvalue weighted by Gasteiger charge is 2.26. The molecule has 2 atom stereocenters. The Bertz CT molecular complexity index is 708. The van der Waals surface area contributed by atoms with Gasteiger partial charge in [0.15, 0.2) is 0 Å². The van der Waals surface area contributed by atoms with Gasteiger partial charge in [0.05, 0.1) is 14.2 Å². The first-order valence-corrected chi connectivity index (χ1v) is 9.02. The molecule has 0 aliphatic carbocycles. The minimum Gasteiger partial charge on any atom is -0.497 e. The molecule has 2 N–H and O–H groups in total. The highest BCUT2D eigenvalue weighted by atomic mass is 35.5. The van der Waals surface area contributed by atoms with E-state index in [1.807, 2.05) is 36.4 Å². The Hall–Kier alpha value is -1.75. The molecule has 2 aromatic rings. The predicted molar refractivity (Wildman–Crippen MR) is 102 cm³/mol. The Kier molecular flexibility index (Phi) is 6.19. The van der Waals surface area contributed by atoms with Gasteiger partial charge >= 0.3 is 0 Å². The standard InChI is InChI=1S/C20H25ClN2O2/c1-24-17-8-9-19(25-2)15(12-17)13-23-18-7-4-10-22-20(18)14-5-3-6-16(21)11-14/h3,5-6,8-9,11-12,18,20,22-23H,4,7,10,13H2,1-2H3/t18-,20-/m1/s1. The smallest absolute Gasteiger partial charge is 0.123 e. The second-order valence-electron chi connectivity index (χ2n) is 6.29. The largest absolute Gasteiger partial charge is 0.497 e. The molecule has 1 fully saturated rings. The first kappa shape index (κ1) is 18.1. The average Bonchev–Trinajstić information content (AvgIpc) is 2.66. The van der Waals surface area contributed by atoms with Crippen LogP contribution >= 0.6 is 11.6 Å². The molecule has 0 radical (unpaired) electrons. The van der Waals surface area contributed by atoms with Crippen LogP contribution in [-0.2, 0) is 6.54 Å². The number of rotatable bonds is 6. The van der Waals surface area contributed by atoms with Crippen molar-refractivity contribution in [2.45, 2.75) is 31.5 Å². The third-order valence-electron chi connectivity index (χ3n) is 4.71. The lowest BCUT2D eigenvalue weighted by Crippen LogP contribution is -2.45. The Morgan fingerprint density at radius 1 is 1.16 bits per heavy atom. The van der Waals surface area contributed by atoms with Crippen LogP contribution in [0.2, 0.25) is 5.02 Å². The van der Waals surface area contributed by atoms with Crippen molar-refractivity contribution in [3.63, 3.8) is 0 Å². The highest BCUT2D eigenvalue weighted by molar-refractivity contribution is 6.30. The lowest BCUT2D eigenvalue weighted by Gasteiger charge is -2.34. The summed E-state index contributed by atoms with van der Waals surface area (Å²) in [5.41, 5.74) is 2.32. The molecule has 2 aromatic carbocycles. The summed E-state index contributed by atoms with van der Waals surface area (Å²) in [6.45, 7) is 1.75. The zero-order chi connectivity index (χ0) is 17.6. The number of hydrogen-bond donors (Lipinski definition) is 2. The zero-order valence-corrected chi connectivity index (χ0v) is 15.5. The Morgan fingerprint density at radius 2 is 2.04 bits per heavy atom. The van der Waals surface area contributed by atoms with Crippen molar-refractivity contribution in [1.82, 2.24) is 10.6 Å². The second kappa shape index (κ2) is 8.56. The normalized spacial score (nSPS) is 20.3. The molecule has 1 saturated heterocycles. The van der Waals surface area contributed by atoms with E-state index in [-0.39, 0.29) is 6.04 Å². The van der Waals surface area contributed by atoms with E-state index in [0.717, 1.165) is 48.0 Å². The maximum absolute atomic E-state index is 6.18. The van der Waals surface area contributed by atoms with Crippen molar-refractivity contribution >= 4 is 11.6 Å². The van der Waals surface area contributed by atoms with E-state index in [4.69, 9.17) is 21.1 Å². The van der Waals surface area contributed by atoms with Crippen molar-refractivity contribution < 1.29 is 9.47 Å². The maximum Gasteiger partial charge on any atom is 0.123 e. The Morgan fingerprint density at radius 3 is 2.80 bits per heavy atom. The molecule has 0 aromatic heterocycles. The number of nitrogens with one attached hydrogen (secondary N) is 2. The molecule has 1 aliphatic rings. The summed E-state index contributed by atoms with van der Waals surface area (Å²) in [6, 6.07) is 14.6. The van der Waals surface area contributed by atoms with E-state index in [0.29, 0.717) is 6.04 Å². The fraction of sp³-hybridized carbons (Fsp3) is 0.400. The lowest BCUT2D eigenvalue weighted by atomic mass is 9.92. The predicted octanol–water partition coefficient (Wildman–Crippen LogP) is 3.94. The van der Waals surface area contributed by atoms with Gasteiger partial charge in [0.2, 0.25) is 0 Å². The summed E-state index contributed by atoms with van der Waals surface area (Å²) in [5, 5.41) is 8.09. The quantitative estimate of drug-likeness (QED) is 0.818. The van der Waals surface area contributed by atoms with Crippen LogP contribution < -0.4 is 20.1 Å². The maximum atomic E-state index is 6.18. The van der Waals surface area contributed by atoms with Gasteiger partial charge in [-0.05, 0) is 55.3 Å². The fourth-order valence-corrected chi connectivity index (χ4v) is 3.62. The first-order chi connectivity index (χ1) is 12.2. The fourth-order valence-electron chi connectivity index (χ4n) is 3.42. The third-order valence-corrected chi connectivity index (χ3v) is 4.94. The summed E-state index contributed by atoms with van der Waals surface area (Å²) >= 11 is 6.18. The molecule has 134 valence electrons. The van der Waals surface area contributed by atoms with Crippen LogP contribution in [0, 0.1) is 0 Å². The van der Waals surface area contributed by atoms with Gasteiger partial charge in [-0.15, -0.1) is 0 Å². The van der Waals surface area contributed by atoms with Crippen molar-refractivity contribution in [2.75, 3.05) is 20.8 Å². The molecule has 0 saturated carbocycles. The van der Waals surface area contributed by atoms with E-state index < -0.39 is 0 Å². The van der Waals surface area contributed by atoms with Crippen LogP contribution in [0.1, 0.15) is 30.0 Å².